The number of para-hydroxylation sites is 1. The summed E-state index contributed by atoms with van der Waals surface area (Å²) in [5, 5.41) is 5.76. The number of carbonyl (C=O) groups excluding carboxylic acids is 3. The maximum Gasteiger partial charge on any atom is 0.408 e. The number of nitrogens with one attached hydrogen (secondary N) is 2. The molecule has 0 bridgehead atoms. The van der Waals surface area contributed by atoms with Crippen LogP contribution in [-0.2, 0) is 14.3 Å². The lowest BCUT2D eigenvalue weighted by Gasteiger charge is -2.35. The van der Waals surface area contributed by atoms with Gasteiger partial charge in [0.05, 0.1) is 0 Å². The van der Waals surface area contributed by atoms with E-state index >= 15 is 0 Å². The van der Waals surface area contributed by atoms with Crippen LogP contribution in [0.4, 0.5) is 10.5 Å². The van der Waals surface area contributed by atoms with Gasteiger partial charge in [-0.05, 0) is 64.2 Å². The Hall–Kier alpha value is -3.35. The summed E-state index contributed by atoms with van der Waals surface area (Å²) in [5.41, 5.74) is 2.59. The average Bonchev–Trinajstić information content (AvgIpc) is 2.77. The van der Waals surface area contributed by atoms with Crippen LogP contribution >= 0.6 is 0 Å². The number of alkyl carbamates (subject to hydrolysis) is 1. The maximum atomic E-state index is 13.8. The molecular weight excluding hydrogens is 442 g/mol. The number of aryl methyl sites for hydroxylation is 2. The predicted molar refractivity (Wildman–Crippen MR) is 139 cm³/mol. The third-order valence-electron chi connectivity index (χ3n) is 5.63. The molecule has 2 rings (SSSR count). The number of carbonyl (C=O) groups is 3. The lowest BCUT2D eigenvalue weighted by Crippen LogP contribution is -2.54. The first kappa shape index (κ1) is 27.9. The Morgan fingerprint density at radius 2 is 1.51 bits per heavy atom. The molecule has 2 aromatic rings. The molecule has 0 spiro atoms. The van der Waals surface area contributed by atoms with Gasteiger partial charge in [-0.25, -0.2) is 4.79 Å². The number of ether oxygens (including phenoxy) is 1. The van der Waals surface area contributed by atoms with E-state index in [-0.39, 0.29) is 24.3 Å². The van der Waals surface area contributed by atoms with E-state index in [1.807, 2.05) is 83.1 Å². The van der Waals surface area contributed by atoms with Crippen molar-refractivity contribution in [2.24, 2.45) is 5.92 Å². The van der Waals surface area contributed by atoms with Gasteiger partial charge in [-0.1, -0.05) is 62.4 Å². The number of likely N-dealkylation sites (N-methyl/N-ethyl adjacent to an activating group) is 1. The molecule has 0 radical (unpaired) electrons. The van der Waals surface area contributed by atoms with Gasteiger partial charge in [0, 0.05) is 12.2 Å². The molecule has 0 aliphatic carbocycles. The fourth-order valence-electron chi connectivity index (χ4n) is 3.90. The molecule has 2 N–H and O–H groups in total. The van der Waals surface area contributed by atoms with Crippen molar-refractivity contribution in [3.63, 3.8) is 0 Å². The zero-order valence-corrected chi connectivity index (χ0v) is 22.1. The fraction of sp³-hybridized carbons (Fsp3) is 0.464. The van der Waals surface area contributed by atoms with Crippen LogP contribution in [0.3, 0.4) is 0 Å². The number of anilines is 1. The van der Waals surface area contributed by atoms with Crippen LogP contribution in [0, 0.1) is 19.8 Å². The topological polar surface area (TPSA) is 87.7 Å². The normalized spacial score (nSPS) is 13.1. The van der Waals surface area contributed by atoms with Gasteiger partial charge in [-0.2, -0.15) is 0 Å². The molecule has 0 fully saturated rings. The molecule has 2 atom stereocenters. The number of rotatable bonds is 8. The van der Waals surface area contributed by atoms with Crippen LogP contribution < -0.4 is 10.6 Å². The summed E-state index contributed by atoms with van der Waals surface area (Å²) in [6, 6.07) is 13.3. The zero-order valence-electron chi connectivity index (χ0n) is 22.1. The van der Waals surface area contributed by atoms with Gasteiger partial charge in [-0.3, -0.25) is 9.59 Å². The summed E-state index contributed by atoms with van der Waals surface area (Å²) in [4.78, 5) is 41.5. The molecule has 0 heterocycles. The van der Waals surface area contributed by atoms with Crippen LogP contribution in [0.5, 0.6) is 0 Å². The lowest BCUT2D eigenvalue weighted by atomic mass is 9.98. The highest BCUT2D eigenvalue weighted by Crippen LogP contribution is 2.27. The van der Waals surface area contributed by atoms with E-state index in [1.165, 1.54) is 4.90 Å². The molecule has 190 valence electrons. The van der Waals surface area contributed by atoms with Crippen LogP contribution in [0.15, 0.2) is 48.5 Å². The van der Waals surface area contributed by atoms with Crippen molar-refractivity contribution in [1.82, 2.24) is 10.2 Å². The van der Waals surface area contributed by atoms with E-state index in [9.17, 15) is 14.4 Å². The molecule has 2 aromatic carbocycles. The molecule has 3 amide bonds. The van der Waals surface area contributed by atoms with Crippen molar-refractivity contribution in [1.29, 1.82) is 0 Å². The number of nitrogens with zero attached hydrogens (tertiary/aromatic N) is 1. The van der Waals surface area contributed by atoms with Crippen LogP contribution in [0.25, 0.3) is 0 Å². The average molecular weight is 482 g/mol. The summed E-state index contributed by atoms with van der Waals surface area (Å²) in [5.74, 6) is -0.885. The number of amides is 3. The molecule has 7 nitrogen and oxygen atoms in total. The van der Waals surface area contributed by atoms with Crippen molar-refractivity contribution >= 4 is 23.6 Å². The Morgan fingerprint density at radius 3 is 2.00 bits per heavy atom. The molecule has 0 aliphatic rings. The standard InChI is InChI=1S/C28H39N3O4/c1-9-31(26(33)22(18(2)3)30-27(34)35-28(6,7)8)24(21-16-11-10-12-17-21)25(32)29-23-19(4)14-13-15-20(23)5/h10-18,22,24H,9H2,1-8H3,(H,29,32)(H,30,34). The van der Waals surface area contributed by atoms with Gasteiger partial charge in [0.2, 0.25) is 5.91 Å². The van der Waals surface area contributed by atoms with E-state index in [1.54, 1.807) is 20.8 Å². The van der Waals surface area contributed by atoms with Crippen molar-refractivity contribution in [2.75, 3.05) is 11.9 Å². The summed E-state index contributed by atoms with van der Waals surface area (Å²) in [7, 11) is 0. The fourth-order valence-corrected chi connectivity index (χ4v) is 3.90. The number of hydrogen-bond acceptors (Lipinski definition) is 4. The van der Waals surface area contributed by atoms with Gasteiger partial charge in [-0.15, -0.1) is 0 Å². The number of benzene rings is 2. The Labute approximate surface area is 209 Å². The van der Waals surface area contributed by atoms with Gasteiger partial charge >= 0.3 is 6.09 Å². The molecule has 0 aromatic heterocycles. The Morgan fingerprint density at radius 1 is 0.943 bits per heavy atom. The first-order valence-corrected chi connectivity index (χ1v) is 12.1. The third kappa shape index (κ3) is 7.57. The highest BCUT2D eigenvalue weighted by molar-refractivity contribution is 5.99. The molecule has 7 heteroatoms. The van der Waals surface area contributed by atoms with E-state index in [0.29, 0.717) is 5.56 Å². The molecule has 35 heavy (non-hydrogen) atoms. The van der Waals surface area contributed by atoms with Crippen LogP contribution in [-0.4, -0.2) is 41.0 Å². The third-order valence-corrected chi connectivity index (χ3v) is 5.63. The predicted octanol–water partition coefficient (Wildman–Crippen LogP) is 5.38. The Balaban J connectivity index is 2.43. The van der Waals surface area contributed by atoms with E-state index in [2.05, 4.69) is 10.6 Å². The summed E-state index contributed by atoms with van der Waals surface area (Å²) in [6.07, 6.45) is -0.670. The summed E-state index contributed by atoms with van der Waals surface area (Å²) in [6.45, 7) is 15.0. The lowest BCUT2D eigenvalue weighted by molar-refractivity contribution is -0.141. The van der Waals surface area contributed by atoms with Gasteiger partial charge in [0.15, 0.2) is 0 Å². The second-order valence-corrected chi connectivity index (χ2v) is 10.1. The van der Waals surface area contributed by atoms with Crippen molar-refractivity contribution in [3.05, 3.63) is 65.2 Å². The Bertz CT molecular complexity index is 1010. The van der Waals surface area contributed by atoms with Crippen molar-refractivity contribution < 1.29 is 19.1 Å². The molecule has 0 saturated heterocycles. The zero-order chi connectivity index (χ0) is 26.3. The monoisotopic (exact) mass is 481 g/mol. The van der Waals surface area contributed by atoms with Crippen LogP contribution in [0.1, 0.15) is 64.3 Å². The van der Waals surface area contributed by atoms with Gasteiger partial charge in [0.1, 0.15) is 17.7 Å². The maximum absolute atomic E-state index is 13.8. The highest BCUT2D eigenvalue weighted by atomic mass is 16.6. The molecular formula is C28H39N3O4. The van der Waals surface area contributed by atoms with Crippen molar-refractivity contribution in [2.45, 2.75) is 73.1 Å². The van der Waals surface area contributed by atoms with E-state index in [0.717, 1.165) is 16.8 Å². The summed E-state index contributed by atoms with van der Waals surface area (Å²) >= 11 is 0. The van der Waals surface area contributed by atoms with Crippen LogP contribution in [0.2, 0.25) is 0 Å². The van der Waals surface area contributed by atoms with E-state index < -0.39 is 23.8 Å². The summed E-state index contributed by atoms with van der Waals surface area (Å²) < 4.78 is 5.38. The van der Waals surface area contributed by atoms with Gasteiger partial charge < -0.3 is 20.3 Å². The first-order valence-electron chi connectivity index (χ1n) is 12.1. The largest absolute Gasteiger partial charge is 0.444 e. The quantitative estimate of drug-likeness (QED) is 0.530. The molecule has 0 aliphatic heterocycles. The molecule has 2 unspecified atom stereocenters. The molecule has 0 saturated carbocycles. The second kappa shape index (κ2) is 11.9. The smallest absolute Gasteiger partial charge is 0.408 e. The van der Waals surface area contributed by atoms with Crippen molar-refractivity contribution in [3.8, 4) is 0 Å². The Kier molecular flexibility index (Phi) is 9.46. The number of hydrogen-bond donors (Lipinski definition) is 2. The second-order valence-electron chi connectivity index (χ2n) is 10.1. The minimum absolute atomic E-state index is 0.220. The SMILES string of the molecule is CCN(C(=O)C(NC(=O)OC(C)(C)C)C(C)C)C(C(=O)Nc1c(C)cccc1C)c1ccccc1. The highest BCUT2D eigenvalue weighted by Gasteiger charge is 2.37. The minimum atomic E-state index is -0.880. The van der Waals surface area contributed by atoms with E-state index in [4.69, 9.17) is 4.74 Å². The minimum Gasteiger partial charge on any atom is -0.444 e. The van der Waals surface area contributed by atoms with Gasteiger partial charge in [0.25, 0.3) is 5.91 Å². The first-order chi connectivity index (χ1) is 16.4.